The van der Waals surface area contributed by atoms with Gasteiger partial charge in [-0.1, -0.05) is 110 Å². The summed E-state index contributed by atoms with van der Waals surface area (Å²) < 4.78 is 0. The van der Waals surface area contributed by atoms with Crippen LogP contribution in [0.5, 0.6) is 11.5 Å². The number of carbonyl (C=O) groups is 4. The van der Waals surface area contributed by atoms with Crippen LogP contribution in [-0.2, 0) is 22.4 Å². The molecule has 50 heavy (non-hydrogen) atoms. The van der Waals surface area contributed by atoms with Crippen LogP contribution in [0.4, 0.5) is 0 Å². The van der Waals surface area contributed by atoms with E-state index in [-0.39, 0.29) is 46.8 Å². The maximum Gasteiger partial charge on any atom is 0.273 e. The minimum absolute atomic E-state index is 0.125. The van der Waals surface area contributed by atoms with Crippen molar-refractivity contribution < 1.29 is 29.4 Å². The van der Waals surface area contributed by atoms with Crippen molar-refractivity contribution in [3.8, 4) is 11.5 Å². The Bertz CT molecular complexity index is 1330. The van der Waals surface area contributed by atoms with Gasteiger partial charge in [0.25, 0.3) is 11.8 Å². The number of hydrazine groups is 2. The number of hydrogen-bond acceptors (Lipinski definition) is 6. The van der Waals surface area contributed by atoms with E-state index in [2.05, 4.69) is 35.6 Å². The minimum Gasteiger partial charge on any atom is -0.507 e. The summed E-state index contributed by atoms with van der Waals surface area (Å²) in [4.78, 5) is 50.7. The van der Waals surface area contributed by atoms with Crippen molar-refractivity contribution in [1.82, 2.24) is 21.7 Å². The number of phenols is 2. The Kier molecular flexibility index (Phi) is 21.0. The minimum atomic E-state index is -0.557. The fourth-order valence-corrected chi connectivity index (χ4v) is 6.04. The highest BCUT2D eigenvalue weighted by molar-refractivity contribution is 5.98. The van der Waals surface area contributed by atoms with Crippen molar-refractivity contribution >= 4 is 23.6 Å². The molecule has 1 atom stereocenters. The number of rotatable bonds is 24. The van der Waals surface area contributed by atoms with Crippen LogP contribution in [-0.4, -0.2) is 33.8 Å². The van der Waals surface area contributed by atoms with Gasteiger partial charge in [0.05, 0.1) is 11.1 Å². The zero-order valence-electron chi connectivity index (χ0n) is 30.7. The molecule has 2 aromatic rings. The number of hydrogen-bond donors (Lipinski definition) is 6. The van der Waals surface area contributed by atoms with Crippen molar-refractivity contribution in [3.63, 3.8) is 0 Å². The Balaban J connectivity index is 1.68. The molecule has 0 aliphatic carbocycles. The Morgan fingerprint density at radius 2 is 1.02 bits per heavy atom. The molecule has 6 N–H and O–H groups in total. The first-order chi connectivity index (χ1) is 24.2. The van der Waals surface area contributed by atoms with E-state index < -0.39 is 11.8 Å². The summed E-state index contributed by atoms with van der Waals surface area (Å²) in [6, 6.07) is 10.1. The molecule has 10 heteroatoms. The van der Waals surface area contributed by atoms with Crippen molar-refractivity contribution in [1.29, 1.82) is 0 Å². The van der Waals surface area contributed by atoms with Gasteiger partial charge in [-0.25, -0.2) is 0 Å². The molecule has 0 saturated carbocycles. The van der Waals surface area contributed by atoms with E-state index >= 15 is 0 Å². The summed E-state index contributed by atoms with van der Waals surface area (Å²) in [5, 5.41) is 20.4. The lowest BCUT2D eigenvalue weighted by molar-refractivity contribution is -0.126. The quantitative estimate of drug-likeness (QED) is 0.0482. The zero-order valence-corrected chi connectivity index (χ0v) is 30.7. The van der Waals surface area contributed by atoms with Gasteiger partial charge in [-0.05, 0) is 80.3 Å². The SMILES string of the molecule is CCCCCCCc1ccc(O)c(C(=O)NNC(=O)CCCCCCC(CCC)C(=O)NNC(=O)c2cc(CCCCCCC)ccc2O)c1. The van der Waals surface area contributed by atoms with Gasteiger partial charge in [-0.15, -0.1) is 0 Å². The summed E-state index contributed by atoms with van der Waals surface area (Å²) in [5.41, 5.74) is 12.1. The molecule has 0 radical (unpaired) electrons. The van der Waals surface area contributed by atoms with Crippen molar-refractivity contribution in [2.75, 3.05) is 0 Å². The molecule has 0 bridgehead atoms. The summed E-state index contributed by atoms with van der Waals surface area (Å²) in [6.07, 6.45) is 18.6. The summed E-state index contributed by atoms with van der Waals surface area (Å²) in [7, 11) is 0. The number of nitrogens with one attached hydrogen (secondary N) is 4. The van der Waals surface area contributed by atoms with Crippen LogP contribution in [0.15, 0.2) is 36.4 Å². The third-order valence-electron chi connectivity index (χ3n) is 9.08. The van der Waals surface area contributed by atoms with Crippen molar-refractivity contribution in [2.45, 2.75) is 149 Å². The largest absolute Gasteiger partial charge is 0.507 e. The highest BCUT2D eigenvalue weighted by Crippen LogP contribution is 2.22. The molecular formula is C40H62N4O6. The third-order valence-corrected chi connectivity index (χ3v) is 9.08. The average molecular weight is 695 g/mol. The average Bonchev–Trinajstić information content (AvgIpc) is 3.11. The van der Waals surface area contributed by atoms with E-state index in [1.165, 1.54) is 50.7 Å². The van der Waals surface area contributed by atoms with Crippen LogP contribution < -0.4 is 21.7 Å². The van der Waals surface area contributed by atoms with E-state index in [1.807, 2.05) is 19.1 Å². The molecule has 0 aliphatic rings. The summed E-state index contributed by atoms with van der Waals surface area (Å²) >= 11 is 0. The van der Waals surface area contributed by atoms with E-state index in [0.29, 0.717) is 19.3 Å². The Morgan fingerprint density at radius 3 is 1.54 bits per heavy atom. The molecule has 10 nitrogen and oxygen atoms in total. The summed E-state index contributed by atoms with van der Waals surface area (Å²) in [6.45, 7) is 6.36. The molecule has 0 aliphatic heterocycles. The molecule has 2 aromatic carbocycles. The van der Waals surface area contributed by atoms with Gasteiger partial charge in [-0.2, -0.15) is 0 Å². The van der Waals surface area contributed by atoms with Crippen LogP contribution in [0.2, 0.25) is 0 Å². The number of amides is 4. The molecule has 0 spiro atoms. The standard InChI is InChI=1S/C40H62N4O6/c1-4-7-9-11-15-20-30-24-26-35(45)33(28-30)39(49)43-41-37(47)23-18-14-13-17-22-32(19-6-3)38(48)42-44-40(50)34-29-31(25-27-36(34)46)21-16-12-10-8-5-2/h24-29,32,45-46H,4-23H2,1-3H3,(H,41,47)(H,42,48)(H,43,49)(H,44,50). The molecule has 0 saturated heterocycles. The van der Waals surface area contributed by atoms with E-state index in [9.17, 15) is 29.4 Å². The van der Waals surface area contributed by atoms with E-state index in [0.717, 1.165) is 75.3 Å². The molecular weight excluding hydrogens is 632 g/mol. The molecule has 0 heterocycles. The first kappa shape index (κ1) is 42.1. The molecule has 278 valence electrons. The normalized spacial score (nSPS) is 11.5. The Labute approximate surface area is 299 Å². The van der Waals surface area contributed by atoms with Crippen LogP contribution in [0.3, 0.4) is 0 Å². The molecule has 1 unspecified atom stereocenters. The van der Waals surface area contributed by atoms with Gasteiger partial charge in [-0.3, -0.25) is 40.9 Å². The summed E-state index contributed by atoms with van der Waals surface area (Å²) in [5.74, 6) is -2.20. The Hall–Kier alpha value is -4.08. The number of aromatic hydroxyl groups is 2. The van der Waals surface area contributed by atoms with Gasteiger partial charge in [0, 0.05) is 12.3 Å². The number of benzene rings is 2. The second kappa shape index (κ2) is 25.0. The van der Waals surface area contributed by atoms with E-state index in [1.54, 1.807) is 12.1 Å². The van der Waals surface area contributed by atoms with Gasteiger partial charge in [0.1, 0.15) is 11.5 Å². The zero-order chi connectivity index (χ0) is 36.6. The first-order valence-electron chi connectivity index (χ1n) is 19.0. The lowest BCUT2D eigenvalue weighted by Gasteiger charge is -2.17. The highest BCUT2D eigenvalue weighted by atomic mass is 16.3. The smallest absolute Gasteiger partial charge is 0.273 e. The van der Waals surface area contributed by atoms with Crippen LogP contribution >= 0.6 is 0 Å². The monoisotopic (exact) mass is 694 g/mol. The first-order valence-corrected chi connectivity index (χ1v) is 19.0. The second-order valence-electron chi connectivity index (χ2n) is 13.4. The fraction of sp³-hybridized carbons (Fsp3) is 0.600. The molecule has 0 fully saturated rings. The van der Waals surface area contributed by atoms with Crippen molar-refractivity contribution in [2.24, 2.45) is 5.92 Å². The predicted octanol–water partition coefficient (Wildman–Crippen LogP) is 8.10. The lowest BCUT2D eigenvalue weighted by atomic mass is 9.95. The lowest BCUT2D eigenvalue weighted by Crippen LogP contribution is -2.44. The van der Waals surface area contributed by atoms with E-state index in [4.69, 9.17) is 0 Å². The number of unbranched alkanes of at least 4 members (excludes halogenated alkanes) is 11. The topological polar surface area (TPSA) is 157 Å². The third kappa shape index (κ3) is 16.5. The van der Waals surface area contributed by atoms with Gasteiger partial charge in [0.15, 0.2) is 0 Å². The van der Waals surface area contributed by atoms with Crippen LogP contribution in [0.1, 0.15) is 168 Å². The number of carbonyl (C=O) groups excluding carboxylic acids is 4. The van der Waals surface area contributed by atoms with Crippen LogP contribution in [0, 0.1) is 5.92 Å². The molecule has 4 amide bonds. The van der Waals surface area contributed by atoms with Crippen LogP contribution in [0.25, 0.3) is 0 Å². The maximum absolute atomic E-state index is 12.9. The second-order valence-corrected chi connectivity index (χ2v) is 13.4. The molecule has 0 aromatic heterocycles. The number of phenolic OH excluding ortho intramolecular Hbond substituents is 2. The van der Waals surface area contributed by atoms with Gasteiger partial charge in [0.2, 0.25) is 11.8 Å². The highest BCUT2D eigenvalue weighted by Gasteiger charge is 2.19. The number of aryl methyl sites for hydroxylation is 2. The van der Waals surface area contributed by atoms with Gasteiger partial charge < -0.3 is 10.2 Å². The predicted molar refractivity (Wildman–Crippen MR) is 198 cm³/mol. The molecule has 2 rings (SSSR count). The van der Waals surface area contributed by atoms with Crippen molar-refractivity contribution in [3.05, 3.63) is 58.7 Å². The Morgan fingerprint density at radius 1 is 0.540 bits per heavy atom. The van der Waals surface area contributed by atoms with Gasteiger partial charge >= 0.3 is 0 Å². The maximum atomic E-state index is 12.9. The fourth-order valence-electron chi connectivity index (χ4n) is 6.04.